The van der Waals surface area contributed by atoms with Crippen molar-refractivity contribution < 1.29 is 0 Å². The first kappa shape index (κ1) is 13.7. The SMILES string of the molecule is CNC(C)c1ccc(N2Cc3ccccc3C2)c(Br)c1. The minimum atomic E-state index is 0.371. The molecule has 0 bridgehead atoms. The summed E-state index contributed by atoms with van der Waals surface area (Å²) in [6, 6.07) is 15.7. The van der Waals surface area contributed by atoms with E-state index >= 15 is 0 Å². The van der Waals surface area contributed by atoms with Gasteiger partial charge in [0.25, 0.3) is 0 Å². The van der Waals surface area contributed by atoms with Crippen molar-refractivity contribution in [3.05, 3.63) is 63.6 Å². The van der Waals surface area contributed by atoms with Crippen molar-refractivity contribution in [2.45, 2.75) is 26.1 Å². The second-order valence-electron chi connectivity index (χ2n) is 5.35. The Morgan fingerprint density at radius 2 is 1.75 bits per heavy atom. The molecule has 2 nitrogen and oxygen atoms in total. The molecular formula is C17H19BrN2. The van der Waals surface area contributed by atoms with Gasteiger partial charge in [-0.15, -0.1) is 0 Å². The van der Waals surface area contributed by atoms with Gasteiger partial charge in [-0.25, -0.2) is 0 Å². The Labute approximate surface area is 128 Å². The average Bonchev–Trinajstić information content (AvgIpc) is 2.89. The van der Waals surface area contributed by atoms with Gasteiger partial charge in [0, 0.05) is 23.6 Å². The molecule has 1 N–H and O–H groups in total. The van der Waals surface area contributed by atoms with E-state index in [-0.39, 0.29) is 0 Å². The van der Waals surface area contributed by atoms with Crippen LogP contribution in [0.4, 0.5) is 5.69 Å². The van der Waals surface area contributed by atoms with Crippen molar-refractivity contribution in [1.82, 2.24) is 5.32 Å². The van der Waals surface area contributed by atoms with Crippen LogP contribution in [0.15, 0.2) is 46.9 Å². The smallest absolute Gasteiger partial charge is 0.0516 e. The highest BCUT2D eigenvalue weighted by molar-refractivity contribution is 9.10. The third-order valence-corrected chi connectivity index (χ3v) is 4.72. The van der Waals surface area contributed by atoms with Gasteiger partial charge in [0.15, 0.2) is 0 Å². The van der Waals surface area contributed by atoms with Crippen LogP contribution in [0.1, 0.15) is 29.7 Å². The van der Waals surface area contributed by atoms with Crippen LogP contribution in [0.2, 0.25) is 0 Å². The van der Waals surface area contributed by atoms with Crippen molar-refractivity contribution >= 4 is 21.6 Å². The van der Waals surface area contributed by atoms with E-state index in [0.29, 0.717) is 6.04 Å². The summed E-state index contributed by atoms with van der Waals surface area (Å²) >= 11 is 3.73. The molecule has 0 amide bonds. The van der Waals surface area contributed by atoms with Gasteiger partial charge in [0.2, 0.25) is 0 Å². The Bertz CT molecular complexity index is 599. The molecule has 1 unspecified atom stereocenters. The summed E-state index contributed by atoms with van der Waals surface area (Å²) in [5.41, 5.74) is 5.45. The molecule has 0 fully saturated rings. The van der Waals surface area contributed by atoms with Gasteiger partial charge in [0.05, 0.1) is 5.69 Å². The summed E-state index contributed by atoms with van der Waals surface area (Å²) in [4.78, 5) is 2.42. The molecule has 3 heteroatoms. The zero-order chi connectivity index (χ0) is 14.1. The fourth-order valence-corrected chi connectivity index (χ4v) is 3.37. The Morgan fingerprint density at radius 1 is 1.10 bits per heavy atom. The van der Waals surface area contributed by atoms with E-state index in [1.807, 2.05) is 7.05 Å². The number of anilines is 1. The summed E-state index contributed by atoms with van der Waals surface area (Å²) in [5.74, 6) is 0. The first-order valence-corrected chi connectivity index (χ1v) is 7.77. The van der Waals surface area contributed by atoms with Crippen LogP contribution >= 0.6 is 15.9 Å². The predicted molar refractivity (Wildman–Crippen MR) is 87.9 cm³/mol. The van der Waals surface area contributed by atoms with Crippen molar-refractivity contribution in [2.24, 2.45) is 0 Å². The molecule has 0 aliphatic carbocycles. The number of hydrogen-bond acceptors (Lipinski definition) is 2. The van der Waals surface area contributed by atoms with Crippen molar-refractivity contribution in [3.63, 3.8) is 0 Å². The van der Waals surface area contributed by atoms with Crippen LogP contribution in [-0.4, -0.2) is 7.05 Å². The van der Waals surface area contributed by atoms with Gasteiger partial charge < -0.3 is 10.2 Å². The first-order valence-electron chi connectivity index (χ1n) is 6.97. The van der Waals surface area contributed by atoms with E-state index in [4.69, 9.17) is 0 Å². The summed E-state index contributed by atoms with van der Waals surface area (Å²) < 4.78 is 1.17. The van der Waals surface area contributed by atoms with E-state index in [1.54, 1.807) is 0 Å². The lowest BCUT2D eigenvalue weighted by atomic mass is 10.1. The first-order chi connectivity index (χ1) is 9.69. The van der Waals surface area contributed by atoms with E-state index in [1.165, 1.54) is 26.9 Å². The van der Waals surface area contributed by atoms with E-state index in [2.05, 4.69) is 75.5 Å². The second-order valence-corrected chi connectivity index (χ2v) is 6.20. The lowest BCUT2D eigenvalue weighted by Crippen LogP contribution is -2.16. The number of fused-ring (bicyclic) bond motifs is 1. The number of hydrogen-bond donors (Lipinski definition) is 1. The Morgan fingerprint density at radius 3 is 2.30 bits per heavy atom. The van der Waals surface area contributed by atoms with Crippen LogP contribution in [0, 0.1) is 0 Å². The maximum atomic E-state index is 3.73. The van der Waals surface area contributed by atoms with Crippen LogP contribution in [0.25, 0.3) is 0 Å². The highest BCUT2D eigenvalue weighted by Crippen LogP contribution is 2.34. The number of nitrogens with zero attached hydrogens (tertiary/aromatic N) is 1. The molecule has 1 aliphatic heterocycles. The lowest BCUT2D eigenvalue weighted by Gasteiger charge is -2.21. The number of nitrogens with one attached hydrogen (secondary N) is 1. The molecule has 104 valence electrons. The summed E-state index contributed by atoms with van der Waals surface area (Å²) in [5, 5.41) is 3.28. The van der Waals surface area contributed by atoms with Gasteiger partial charge in [-0.3, -0.25) is 0 Å². The van der Waals surface area contributed by atoms with Crippen molar-refractivity contribution in [1.29, 1.82) is 0 Å². The van der Waals surface area contributed by atoms with Gasteiger partial charge in [-0.05, 0) is 58.7 Å². The van der Waals surface area contributed by atoms with E-state index in [0.717, 1.165) is 13.1 Å². The highest BCUT2D eigenvalue weighted by atomic mass is 79.9. The largest absolute Gasteiger partial charge is 0.362 e. The van der Waals surface area contributed by atoms with E-state index in [9.17, 15) is 0 Å². The highest BCUT2D eigenvalue weighted by Gasteiger charge is 2.20. The molecule has 2 aromatic carbocycles. The maximum absolute atomic E-state index is 3.73. The quantitative estimate of drug-likeness (QED) is 0.904. The third kappa shape index (κ3) is 2.48. The molecular weight excluding hydrogens is 312 g/mol. The minimum Gasteiger partial charge on any atom is -0.362 e. The Kier molecular flexibility index (Phi) is 3.81. The van der Waals surface area contributed by atoms with Gasteiger partial charge in [-0.1, -0.05) is 30.3 Å². The molecule has 1 atom stereocenters. The molecule has 1 heterocycles. The number of halogens is 1. The maximum Gasteiger partial charge on any atom is 0.0516 e. The molecule has 0 radical (unpaired) electrons. The van der Waals surface area contributed by atoms with Crippen LogP contribution in [0.5, 0.6) is 0 Å². The molecule has 0 aromatic heterocycles. The molecule has 0 saturated carbocycles. The Balaban J connectivity index is 1.86. The molecule has 2 aromatic rings. The monoisotopic (exact) mass is 330 g/mol. The molecule has 3 rings (SSSR count). The van der Waals surface area contributed by atoms with Crippen molar-refractivity contribution in [2.75, 3.05) is 11.9 Å². The molecule has 1 aliphatic rings. The third-order valence-electron chi connectivity index (χ3n) is 4.09. The molecule has 0 spiro atoms. The minimum absolute atomic E-state index is 0.371. The van der Waals surface area contributed by atoms with Crippen LogP contribution in [-0.2, 0) is 13.1 Å². The Hall–Kier alpha value is -1.32. The van der Waals surface area contributed by atoms with E-state index < -0.39 is 0 Å². The summed E-state index contributed by atoms with van der Waals surface area (Å²) in [6.45, 7) is 4.17. The summed E-state index contributed by atoms with van der Waals surface area (Å²) in [7, 11) is 1.99. The topological polar surface area (TPSA) is 15.3 Å². The zero-order valence-electron chi connectivity index (χ0n) is 11.9. The van der Waals surface area contributed by atoms with Gasteiger partial charge in [-0.2, -0.15) is 0 Å². The molecule has 0 saturated heterocycles. The molecule has 20 heavy (non-hydrogen) atoms. The van der Waals surface area contributed by atoms with Crippen molar-refractivity contribution in [3.8, 4) is 0 Å². The van der Waals surface area contributed by atoms with Crippen LogP contribution < -0.4 is 10.2 Å². The van der Waals surface area contributed by atoms with Gasteiger partial charge in [0.1, 0.15) is 0 Å². The average molecular weight is 331 g/mol. The van der Waals surface area contributed by atoms with Gasteiger partial charge >= 0.3 is 0 Å². The van der Waals surface area contributed by atoms with Crippen LogP contribution in [0.3, 0.4) is 0 Å². The number of rotatable bonds is 3. The fourth-order valence-electron chi connectivity index (χ4n) is 2.72. The predicted octanol–water partition coefficient (Wildman–Crippen LogP) is 4.25. The zero-order valence-corrected chi connectivity index (χ0v) is 13.4. The lowest BCUT2D eigenvalue weighted by molar-refractivity contribution is 0.652. The standard InChI is InChI=1S/C17H19BrN2/c1-12(19-2)13-7-8-17(16(18)9-13)20-10-14-5-3-4-6-15(14)11-20/h3-9,12,19H,10-11H2,1-2H3. The fraction of sp³-hybridized carbons (Fsp3) is 0.294. The number of benzene rings is 2. The summed E-state index contributed by atoms with van der Waals surface area (Å²) in [6.07, 6.45) is 0. The normalized spacial score (nSPS) is 15.2. The second kappa shape index (κ2) is 5.58.